The van der Waals surface area contributed by atoms with Crippen LogP contribution < -0.4 is 14.8 Å². The predicted octanol–water partition coefficient (Wildman–Crippen LogP) is 3.48. The standard InChI is InChI=1S/C28H32N4O8Si/c1-17(33)39-24-21-13-23(40-22(21)8-9-29-24)28(15-31-14-18-6-7-19(37-2)12-20(18)25(31)34)26(35)32(27(36)30-28)16-38-10-11-41(3,4)5/h6-9,12-13H,10-11,14-16H2,1-5H3,(H,30,36)/t28-/m0/s1. The highest BCUT2D eigenvalue weighted by Crippen LogP contribution is 2.38. The molecule has 2 aromatic heterocycles. The number of fused-ring (bicyclic) bond motifs is 2. The van der Waals surface area contributed by atoms with Gasteiger partial charge in [-0.05, 0) is 29.8 Å². The van der Waals surface area contributed by atoms with E-state index in [1.165, 1.54) is 31.2 Å². The van der Waals surface area contributed by atoms with Gasteiger partial charge in [-0.1, -0.05) is 25.7 Å². The van der Waals surface area contributed by atoms with E-state index in [1.807, 2.05) is 0 Å². The van der Waals surface area contributed by atoms with Crippen LogP contribution in [0.4, 0.5) is 4.79 Å². The van der Waals surface area contributed by atoms with E-state index in [2.05, 4.69) is 29.9 Å². The van der Waals surface area contributed by atoms with Crippen molar-refractivity contribution in [2.45, 2.75) is 44.7 Å². The number of ether oxygens (including phenoxy) is 3. The summed E-state index contributed by atoms with van der Waals surface area (Å²) >= 11 is 0. The fourth-order valence-electron chi connectivity index (χ4n) is 4.88. The molecule has 1 fully saturated rings. The Bertz CT molecular complexity index is 1550. The minimum absolute atomic E-state index is 0.000192. The molecule has 0 spiro atoms. The number of furan rings is 1. The highest BCUT2D eigenvalue weighted by atomic mass is 28.3. The van der Waals surface area contributed by atoms with E-state index in [-0.39, 0.29) is 37.4 Å². The van der Waals surface area contributed by atoms with Crippen molar-refractivity contribution >= 4 is 42.9 Å². The summed E-state index contributed by atoms with van der Waals surface area (Å²) in [7, 11) is 0.121. The number of nitrogens with one attached hydrogen (secondary N) is 1. The molecule has 5 rings (SSSR count). The number of rotatable bonds is 10. The van der Waals surface area contributed by atoms with Crippen LogP contribution in [0.3, 0.4) is 0 Å². The van der Waals surface area contributed by atoms with Crippen molar-refractivity contribution in [2.75, 3.05) is 27.0 Å². The molecule has 2 aliphatic rings. The Balaban J connectivity index is 1.51. The monoisotopic (exact) mass is 580 g/mol. The molecule has 216 valence electrons. The van der Waals surface area contributed by atoms with Crippen molar-refractivity contribution in [3.05, 3.63) is 53.4 Å². The third-order valence-corrected chi connectivity index (χ3v) is 8.79. The van der Waals surface area contributed by atoms with Gasteiger partial charge in [-0.3, -0.25) is 14.4 Å². The molecular weight excluding hydrogens is 548 g/mol. The second kappa shape index (κ2) is 10.6. The van der Waals surface area contributed by atoms with Crippen molar-refractivity contribution in [3.63, 3.8) is 0 Å². The number of amides is 4. The van der Waals surface area contributed by atoms with Crippen molar-refractivity contribution in [2.24, 2.45) is 0 Å². The van der Waals surface area contributed by atoms with Gasteiger partial charge in [-0.25, -0.2) is 14.7 Å². The minimum atomic E-state index is -1.77. The fraction of sp³-hybridized carbons (Fsp3) is 0.393. The maximum Gasteiger partial charge on any atom is 0.327 e. The van der Waals surface area contributed by atoms with Gasteiger partial charge in [-0.2, -0.15) is 0 Å². The number of carbonyl (C=O) groups excluding carboxylic acids is 4. The quantitative estimate of drug-likeness (QED) is 0.165. The van der Waals surface area contributed by atoms with Crippen molar-refractivity contribution in [1.29, 1.82) is 0 Å². The van der Waals surface area contributed by atoms with Gasteiger partial charge in [-0.15, -0.1) is 0 Å². The summed E-state index contributed by atoms with van der Waals surface area (Å²) in [5, 5.41) is 3.12. The first-order valence-corrected chi connectivity index (χ1v) is 16.9. The van der Waals surface area contributed by atoms with E-state index in [9.17, 15) is 19.2 Å². The van der Waals surface area contributed by atoms with Crippen molar-refractivity contribution in [1.82, 2.24) is 20.1 Å². The van der Waals surface area contributed by atoms with E-state index in [0.717, 1.165) is 16.5 Å². The van der Waals surface area contributed by atoms with Crippen LogP contribution in [0.15, 0.2) is 40.9 Å². The number of esters is 1. The number of methoxy groups -OCH3 is 1. The second-order valence-corrected chi connectivity index (χ2v) is 17.0. The van der Waals surface area contributed by atoms with Crippen LogP contribution in [0.25, 0.3) is 11.0 Å². The number of nitrogens with zero attached hydrogens (tertiary/aromatic N) is 3. The molecule has 0 unspecified atom stereocenters. The summed E-state index contributed by atoms with van der Waals surface area (Å²) in [6, 6.07) is 8.46. The Morgan fingerprint density at radius 1 is 1.17 bits per heavy atom. The van der Waals surface area contributed by atoms with Gasteiger partial charge < -0.3 is 28.8 Å². The van der Waals surface area contributed by atoms with Gasteiger partial charge in [0.2, 0.25) is 5.88 Å². The summed E-state index contributed by atoms with van der Waals surface area (Å²) in [4.78, 5) is 59.0. The van der Waals surface area contributed by atoms with E-state index in [1.54, 1.807) is 24.3 Å². The first-order valence-electron chi connectivity index (χ1n) is 13.2. The van der Waals surface area contributed by atoms with Crippen LogP contribution in [0.2, 0.25) is 25.7 Å². The van der Waals surface area contributed by atoms with Gasteiger partial charge in [0.1, 0.15) is 23.8 Å². The largest absolute Gasteiger partial charge is 0.497 e. The molecule has 1 atom stereocenters. The van der Waals surface area contributed by atoms with Crippen LogP contribution in [0.1, 0.15) is 28.6 Å². The summed E-state index contributed by atoms with van der Waals surface area (Å²) in [6.45, 7) is 8.02. The third-order valence-electron chi connectivity index (χ3n) is 7.09. The number of carbonyl (C=O) groups is 4. The van der Waals surface area contributed by atoms with Crippen LogP contribution in [0, 0.1) is 0 Å². The number of urea groups is 1. The lowest BCUT2D eigenvalue weighted by Crippen LogP contribution is -2.52. The van der Waals surface area contributed by atoms with Crippen molar-refractivity contribution < 1.29 is 37.8 Å². The average Bonchev–Trinajstić information content (AvgIpc) is 3.55. The summed E-state index contributed by atoms with van der Waals surface area (Å²) in [6.07, 6.45) is 1.41. The number of hydrogen-bond donors (Lipinski definition) is 1. The molecule has 0 aliphatic carbocycles. The van der Waals surface area contributed by atoms with Crippen LogP contribution >= 0.6 is 0 Å². The average molecular weight is 581 g/mol. The summed E-state index contributed by atoms with van der Waals surface area (Å²) < 4.78 is 22.3. The molecule has 0 radical (unpaired) electrons. The van der Waals surface area contributed by atoms with Gasteiger partial charge in [0.25, 0.3) is 11.8 Å². The zero-order chi connectivity index (χ0) is 29.5. The van der Waals surface area contributed by atoms with Crippen LogP contribution in [-0.4, -0.2) is 73.7 Å². The molecule has 2 aliphatic heterocycles. The molecule has 1 aromatic carbocycles. The van der Waals surface area contributed by atoms with Gasteiger partial charge >= 0.3 is 12.0 Å². The Hall–Kier alpha value is -4.23. The van der Waals surface area contributed by atoms with Crippen LogP contribution in [0.5, 0.6) is 11.6 Å². The van der Waals surface area contributed by atoms with Gasteiger partial charge in [0.05, 0.1) is 19.0 Å². The summed E-state index contributed by atoms with van der Waals surface area (Å²) in [5.74, 6) is -0.923. The van der Waals surface area contributed by atoms with Gasteiger partial charge in [0, 0.05) is 46.0 Å². The maximum atomic E-state index is 14.1. The zero-order valence-electron chi connectivity index (χ0n) is 23.6. The Morgan fingerprint density at radius 2 is 1.95 bits per heavy atom. The topological polar surface area (TPSA) is 141 Å². The second-order valence-electron chi connectivity index (χ2n) is 11.3. The molecule has 41 heavy (non-hydrogen) atoms. The molecular formula is C28H32N4O8Si. The highest BCUT2D eigenvalue weighted by Gasteiger charge is 2.57. The first kappa shape index (κ1) is 28.3. The summed E-state index contributed by atoms with van der Waals surface area (Å²) in [5.41, 5.74) is -0.264. The Labute approximate surface area is 237 Å². The lowest BCUT2D eigenvalue weighted by Gasteiger charge is -2.29. The molecule has 0 saturated carbocycles. The Morgan fingerprint density at radius 3 is 2.66 bits per heavy atom. The normalized spacial score (nSPS) is 18.7. The highest BCUT2D eigenvalue weighted by molar-refractivity contribution is 6.76. The predicted molar refractivity (Wildman–Crippen MR) is 149 cm³/mol. The van der Waals surface area contributed by atoms with E-state index in [0.29, 0.717) is 28.9 Å². The molecule has 0 bridgehead atoms. The molecule has 4 amide bonds. The van der Waals surface area contributed by atoms with Gasteiger partial charge in [0.15, 0.2) is 5.54 Å². The molecule has 12 nitrogen and oxygen atoms in total. The number of imide groups is 1. The molecule has 4 heterocycles. The van der Waals surface area contributed by atoms with E-state index >= 15 is 0 Å². The number of hydrogen-bond acceptors (Lipinski definition) is 9. The fourth-order valence-corrected chi connectivity index (χ4v) is 5.63. The smallest absolute Gasteiger partial charge is 0.327 e. The maximum absolute atomic E-state index is 14.1. The van der Waals surface area contributed by atoms with E-state index in [4.69, 9.17) is 18.6 Å². The first-order chi connectivity index (χ1) is 19.4. The zero-order valence-corrected chi connectivity index (χ0v) is 24.6. The number of pyridine rings is 1. The van der Waals surface area contributed by atoms with Crippen molar-refractivity contribution in [3.8, 4) is 11.6 Å². The minimum Gasteiger partial charge on any atom is -0.497 e. The lowest BCUT2D eigenvalue weighted by molar-refractivity contribution is -0.136. The van der Waals surface area contributed by atoms with Crippen LogP contribution in [-0.2, 0) is 26.4 Å². The Kier molecular flexibility index (Phi) is 7.34. The van der Waals surface area contributed by atoms with E-state index < -0.39 is 31.5 Å². The number of aromatic nitrogens is 1. The lowest BCUT2D eigenvalue weighted by atomic mass is 9.95. The molecule has 3 aromatic rings. The molecule has 1 N–H and O–H groups in total. The SMILES string of the molecule is COc1ccc2c(c1)C(=O)N(C[C@@]1(c3cc4c(OC(C)=O)nccc4o3)NC(=O)N(COCC[Si](C)(C)C)C1=O)C2. The third kappa shape index (κ3) is 5.42. The molecule has 13 heteroatoms. The molecule has 1 saturated heterocycles. The number of benzene rings is 1.